The highest BCUT2D eigenvalue weighted by Crippen LogP contribution is 2.41. The molecule has 0 fully saturated rings. The molecule has 0 atom stereocenters. The molecule has 1 aliphatic rings. The third kappa shape index (κ3) is 2.84. The fraction of sp³-hybridized carbons (Fsp3) is 0.571. The molecule has 0 bridgehead atoms. The van der Waals surface area contributed by atoms with Gasteiger partial charge >= 0.3 is 0 Å². The van der Waals surface area contributed by atoms with E-state index in [0.717, 1.165) is 23.7 Å². The summed E-state index contributed by atoms with van der Waals surface area (Å²) >= 11 is 0. The van der Waals surface area contributed by atoms with Crippen LogP contribution < -0.4 is 14.2 Å². The van der Waals surface area contributed by atoms with E-state index in [1.54, 1.807) is 7.11 Å². The minimum Gasteiger partial charge on any atom is -0.493 e. The predicted octanol–water partition coefficient (Wildman–Crippen LogP) is 3.06. The van der Waals surface area contributed by atoms with Crippen molar-refractivity contribution in [1.29, 1.82) is 0 Å². The van der Waals surface area contributed by atoms with Crippen LogP contribution in [0.2, 0.25) is 0 Å². The van der Waals surface area contributed by atoms with E-state index in [-0.39, 0.29) is 5.41 Å². The molecule has 0 aliphatic carbocycles. The maximum absolute atomic E-state index is 5.62. The van der Waals surface area contributed by atoms with Crippen LogP contribution in [0.15, 0.2) is 12.1 Å². The first-order valence-electron chi connectivity index (χ1n) is 5.96. The molecular formula is C14H20O3. The van der Waals surface area contributed by atoms with Gasteiger partial charge in [0, 0.05) is 0 Å². The number of fused-ring (bicyclic) bond motifs is 1. The van der Waals surface area contributed by atoms with Crippen LogP contribution in [0.3, 0.4) is 0 Å². The van der Waals surface area contributed by atoms with Crippen molar-refractivity contribution in [2.24, 2.45) is 5.41 Å². The van der Waals surface area contributed by atoms with Crippen LogP contribution in [0, 0.1) is 5.41 Å². The summed E-state index contributed by atoms with van der Waals surface area (Å²) < 4.78 is 16.6. The van der Waals surface area contributed by atoms with Gasteiger partial charge in [0.2, 0.25) is 5.75 Å². The lowest BCUT2D eigenvalue weighted by molar-refractivity contribution is 0.164. The normalized spacial score (nSPS) is 14.6. The Morgan fingerprint density at radius 2 is 1.88 bits per heavy atom. The molecule has 0 saturated carbocycles. The first-order valence-corrected chi connectivity index (χ1v) is 5.96. The standard InChI is InChI=1S/C14H20O3/c1-14(2,3)9-10-7-11(15-4)13-12(8-10)16-5-6-17-13/h7-8H,5-6,9H2,1-4H3. The molecule has 0 amide bonds. The van der Waals surface area contributed by atoms with E-state index in [1.165, 1.54) is 5.56 Å². The zero-order chi connectivity index (χ0) is 12.5. The zero-order valence-electron chi connectivity index (χ0n) is 11.0. The fourth-order valence-corrected chi connectivity index (χ4v) is 2.04. The Balaban J connectivity index is 2.36. The largest absolute Gasteiger partial charge is 0.493 e. The summed E-state index contributed by atoms with van der Waals surface area (Å²) in [5, 5.41) is 0. The Bertz CT molecular complexity index is 387. The van der Waals surface area contributed by atoms with Crippen LogP contribution in [0.4, 0.5) is 0 Å². The summed E-state index contributed by atoms with van der Waals surface area (Å²) in [6, 6.07) is 4.10. The number of methoxy groups -OCH3 is 1. The minimum atomic E-state index is 0.245. The van der Waals surface area contributed by atoms with Crippen LogP contribution in [0.1, 0.15) is 26.3 Å². The molecule has 94 valence electrons. The number of hydrogen-bond acceptors (Lipinski definition) is 3. The molecule has 0 saturated heterocycles. The van der Waals surface area contributed by atoms with E-state index in [2.05, 4.69) is 26.8 Å². The van der Waals surface area contributed by atoms with E-state index < -0.39 is 0 Å². The summed E-state index contributed by atoms with van der Waals surface area (Å²) in [6.45, 7) is 7.85. The Kier molecular flexibility index (Phi) is 3.18. The topological polar surface area (TPSA) is 27.7 Å². The first-order chi connectivity index (χ1) is 7.99. The average Bonchev–Trinajstić information content (AvgIpc) is 2.25. The van der Waals surface area contributed by atoms with E-state index in [9.17, 15) is 0 Å². The summed E-state index contributed by atoms with van der Waals surface area (Å²) in [6.07, 6.45) is 0.986. The Morgan fingerprint density at radius 1 is 1.18 bits per heavy atom. The van der Waals surface area contributed by atoms with Gasteiger partial charge in [-0.2, -0.15) is 0 Å². The summed E-state index contributed by atoms with van der Waals surface area (Å²) in [5.41, 5.74) is 1.47. The van der Waals surface area contributed by atoms with Crippen molar-refractivity contribution in [2.75, 3.05) is 20.3 Å². The summed E-state index contributed by atoms with van der Waals surface area (Å²) in [4.78, 5) is 0. The quantitative estimate of drug-likeness (QED) is 0.790. The molecule has 3 heteroatoms. The second-order valence-electron chi connectivity index (χ2n) is 5.56. The molecular weight excluding hydrogens is 216 g/mol. The van der Waals surface area contributed by atoms with Crippen LogP contribution in [0.5, 0.6) is 17.2 Å². The van der Waals surface area contributed by atoms with Crippen LogP contribution in [-0.2, 0) is 6.42 Å². The molecule has 0 aromatic heterocycles. The number of ether oxygens (including phenoxy) is 3. The maximum Gasteiger partial charge on any atom is 0.203 e. The van der Waals surface area contributed by atoms with Gasteiger partial charge in [-0.3, -0.25) is 0 Å². The lowest BCUT2D eigenvalue weighted by Gasteiger charge is -2.23. The van der Waals surface area contributed by atoms with Crippen molar-refractivity contribution >= 4 is 0 Å². The maximum atomic E-state index is 5.62. The summed E-state index contributed by atoms with van der Waals surface area (Å²) in [7, 11) is 1.66. The summed E-state index contributed by atoms with van der Waals surface area (Å²) in [5.74, 6) is 2.30. The molecule has 1 aliphatic heterocycles. The fourth-order valence-electron chi connectivity index (χ4n) is 2.04. The lowest BCUT2D eigenvalue weighted by Crippen LogP contribution is -2.17. The zero-order valence-corrected chi connectivity index (χ0v) is 11.0. The van der Waals surface area contributed by atoms with Crippen LogP contribution in [0.25, 0.3) is 0 Å². The smallest absolute Gasteiger partial charge is 0.203 e. The van der Waals surface area contributed by atoms with Gasteiger partial charge in [0.05, 0.1) is 7.11 Å². The highest BCUT2D eigenvalue weighted by atomic mass is 16.6. The van der Waals surface area contributed by atoms with Crippen LogP contribution >= 0.6 is 0 Å². The van der Waals surface area contributed by atoms with E-state index in [4.69, 9.17) is 14.2 Å². The van der Waals surface area contributed by atoms with Gasteiger partial charge < -0.3 is 14.2 Å². The average molecular weight is 236 g/mol. The van der Waals surface area contributed by atoms with Gasteiger partial charge in [0.25, 0.3) is 0 Å². The molecule has 0 N–H and O–H groups in total. The van der Waals surface area contributed by atoms with Crippen molar-refractivity contribution in [1.82, 2.24) is 0 Å². The van der Waals surface area contributed by atoms with Gasteiger partial charge in [-0.05, 0) is 29.5 Å². The second-order valence-corrected chi connectivity index (χ2v) is 5.56. The molecule has 1 aromatic carbocycles. The Hall–Kier alpha value is -1.38. The highest BCUT2D eigenvalue weighted by Gasteiger charge is 2.20. The van der Waals surface area contributed by atoms with Crippen molar-refractivity contribution < 1.29 is 14.2 Å². The molecule has 0 spiro atoms. The second kappa shape index (κ2) is 4.47. The highest BCUT2D eigenvalue weighted by molar-refractivity contribution is 5.54. The number of benzene rings is 1. The number of rotatable bonds is 2. The molecule has 0 radical (unpaired) electrons. The third-order valence-corrected chi connectivity index (χ3v) is 2.62. The van der Waals surface area contributed by atoms with Crippen LogP contribution in [-0.4, -0.2) is 20.3 Å². The Morgan fingerprint density at radius 3 is 2.53 bits per heavy atom. The van der Waals surface area contributed by atoms with E-state index >= 15 is 0 Å². The Labute approximate surface area is 103 Å². The van der Waals surface area contributed by atoms with Gasteiger partial charge in [0.15, 0.2) is 11.5 Å². The van der Waals surface area contributed by atoms with Crippen molar-refractivity contribution in [3.63, 3.8) is 0 Å². The van der Waals surface area contributed by atoms with Crippen molar-refractivity contribution in [2.45, 2.75) is 27.2 Å². The van der Waals surface area contributed by atoms with Crippen molar-refractivity contribution in [3.05, 3.63) is 17.7 Å². The molecule has 0 unspecified atom stereocenters. The SMILES string of the molecule is COc1cc(CC(C)(C)C)cc2c1OCCO2. The predicted molar refractivity (Wildman–Crippen MR) is 67.1 cm³/mol. The van der Waals surface area contributed by atoms with E-state index in [0.29, 0.717) is 13.2 Å². The van der Waals surface area contributed by atoms with Crippen molar-refractivity contribution in [3.8, 4) is 17.2 Å². The lowest BCUT2D eigenvalue weighted by atomic mass is 9.88. The first kappa shape index (κ1) is 12.1. The van der Waals surface area contributed by atoms with Gasteiger partial charge in [-0.1, -0.05) is 20.8 Å². The van der Waals surface area contributed by atoms with Gasteiger partial charge in [0.1, 0.15) is 13.2 Å². The number of hydrogen-bond donors (Lipinski definition) is 0. The molecule has 1 heterocycles. The molecule has 1 aromatic rings. The van der Waals surface area contributed by atoms with E-state index in [1.807, 2.05) is 6.07 Å². The molecule has 2 rings (SSSR count). The third-order valence-electron chi connectivity index (χ3n) is 2.62. The minimum absolute atomic E-state index is 0.245. The monoisotopic (exact) mass is 236 g/mol. The van der Waals surface area contributed by atoms with Gasteiger partial charge in [-0.25, -0.2) is 0 Å². The van der Waals surface area contributed by atoms with Gasteiger partial charge in [-0.15, -0.1) is 0 Å². The molecule has 3 nitrogen and oxygen atoms in total. The molecule has 17 heavy (non-hydrogen) atoms.